The zero-order valence-electron chi connectivity index (χ0n) is 19.4. The van der Waals surface area contributed by atoms with Crippen molar-refractivity contribution >= 4 is 11.8 Å². The molecule has 2 heterocycles. The molecule has 168 valence electrons. The van der Waals surface area contributed by atoms with Gasteiger partial charge in [0.05, 0.1) is 12.8 Å². The maximum Gasteiger partial charge on any atom is 0.253 e. The Morgan fingerprint density at radius 2 is 1.65 bits per heavy atom. The molecule has 1 aromatic carbocycles. The van der Waals surface area contributed by atoms with E-state index in [0.717, 1.165) is 23.7 Å². The van der Waals surface area contributed by atoms with Crippen molar-refractivity contribution in [2.75, 3.05) is 33.3 Å². The molecule has 31 heavy (non-hydrogen) atoms. The fraction of sp³-hybridized carbons (Fsp3) is 0.542. The van der Waals surface area contributed by atoms with Crippen LogP contribution in [0.5, 0.6) is 5.75 Å². The molecule has 0 aliphatic carbocycles. The van der Waals surface area contributed by atoms with Gasteiger partial charge in [0.15, 0.2) is 0 Å². The predicted molar refractivity (Wildman–Crippen MR) is 120 cm³/mol. The van der Waals surface area contributed by atoms with Crippen molar-refractivity contribution in [3.63, 3.8) is 0 Å². The first kappa shape index (κ1) is 22.8. The zero-order chi connectivity index (χ0) is 22.5. The van der Waals surface area contributed by atoms with Gasteiger partial charge in [-0.15, -0.1) is 0 Å². The van der Waals surface area contributed by atoms with Crippen molar-refractivity contribution < 1.29 is 14.3 Å². The highest BCUT2D eigenvalue weighted by Crippen LogP contribution is 2.18. The Kier molecular flexibility index (Phi) is 7.36. The standard InChI is InChI=1S/C24H34N4O3/c1-17(2)16-28-19(4)22(18(3)25-28)10-11-23(29)26-12-14-27(15-13-26)24(30)20-6-8-21(31-5)9-7-20/h6-9,17H,10-16H2,1-5H3. The van der Waals surface area contributed by atoms with E-state index < -0.39 is 0 Å². The van der Waals surface area contributed by atoms with Gasteiger partial charge in [0.1, 0.15) is 5.75 Å². The number of rotatable bonds is 7. The van der Waals surface area contributed by atoms with Gasteiger partial charge in [0, 0.05) is 50.4 Å². The molecular weight excluding hydrogens is 392 g/mol. The first-order valence-electron chi connectivity index (χ1n) is 11.0. The number of piperazine rings is 1. The number of carbonyl (C=O) groups excluding carboxylic acids is 2. The van der Waals surface area contributed by atoms with Gasteiger partial charge < -0.3 is 14.5 Å². The quantitative estimate of drug-likeness (QED) is 0.682. The van der Waals surface area contributed by atoms with E-state index in [4.69, 9.17) is 4.74 Å². The first-order valence-corrected chi connectivity index (χ1v) is 11.0. The van der Waals surface area contributed by atoms with Crippen molar-refractivity contribution in [2.45, 2.75) is 47.1 Å². The summed E-state index contributed by atoms with van der Waals surface area (Å²) in [5.74, 6) is 1.40. The molecule has 3 rings (SSSR count). The predicted octanol–water partition coefficient (Wildman–Crippen LogP) is 3.08. The van der Waals surface area contributed by atoms with Crippen molar-refractivity contribution in [1.82, 2.24) is 19.6 Å². The van der Waals surface area contributed by atoms with E-state index in [1.54, 1.807) is 31.4 Å². The molecule has 2 aromatic rings. The second-order valence-electron chi connectivity index (χ2n) is 8.63. The molecule has 1 fully saturated rings. The summed E-state index contributed by atoms with van der Waals surface area (Å²) in [6.07, 6.45) is 1.18. The maximum atomic E-state index is 12.8. The Morgan fingerprint density at radius 3 is 2.23 bits per heavy atom. The van der Waals surface area contributed by atoms with Crippen LogP contribution in [0.15, 0.2) is 24.3 Å². The number of hydrogen-bond acceptors (Lipinski definition) is 4. The van der Waals surface area contributed by atoms with Crippen LogP contribution in [0.1, 0.15) is 47.6 Å². The molecule has 1 aromatic heterocycles. The van der Waals surface area contributed by atoms with Gasteiger partial charge in [-0.25, -0.2) is 0 Å². The van der Waals surface area contributed by atoms with Crippen LogP contribution >= 0.6 is 0 Å². The lowest BCUT2D eigenvalue weighted by molar-refractivity contribution is -0.132. The second-order valence-corrected chi connectivity index (χ2v) is 8.63. The number of benzene rings is 1. The third-order valence-electron chi connectivity index (χ3n) is 5.91. The molecular formula is C24H34N4O3. The lowest BCUT2D eigenvalue weighted by Gasteiger charge is -2.35. The van der Waals surface area contributed by atoms with Crippen LogP contribution in [0.25, 0.3) is 0 Å². The van der Waals surface area contributed by atoms with E-state index >= 15 is 0 Å². The second kappa shape index (κ2) is 9.98. The van der Waals surface area contributed by atoms with Crippen molar-refractivity contribution in [2.24, 2.45) is 5.92 Å². The first-order chi connectivity index (χ1) is 14.8. The number of aromatic nitrogens is 2. The SMILES string of the molecule is COc1ccc(C(=O)N2CCN(C(=O)CCc3c(C)nn(CC(C)C)c3C)CC2)cc1. The number of hydrogen-bond donors (Lipinski definition) is 0. The summed E-state index contributed by atoms with van der Waals surface area (Å²) >= 11 is 0. The largest absolute Gasteiger partial charge is 0.497 e. The van der Waals surface area contributed by atoms with Crippen LogP contribution in [0, 0.1) is 19.8 Å². The van der Waals surface area contributed by atoms with Gasteiger partial charge in [-0.3, -0.25) is 14.3 Å². The summed E-state index contributed by atoms with van der Waals surface area (Å²) in [7, 11) is 1.60. The summed E-state index contributed by atoms with van der Waals surface area (Å²) in [4.78, 5) is 29.2. The summed E-state index contributed by atoms with van der Waals surface area (Å²) in [5, 5.41) is 4.65. The Morgan fingerprint density at radius 1 is 1.03 bits per heavy atom. The Labute approximate surface area is 185 Å². The molecule has 0 atom stereocenters. The van der Waals surface area contributed by atoms with Crippen LogP contribution in [0.4, 0.5) is 0 Å². The van der Waals surface area contributed by atoms with E-state index in [0.29, 0.717) is 50.5 Å². The van der Waals surface area contributed by atoms with Crippen LogP contribution in [0.3, 0.4) is 0 Å². The molecule has 1 aliphatic rings. The molecule has 1 aliphatic heterocycles. The lowest BCUT2D eigenvalue weighted by atomic mass is 10.1. The fourth-order valence-electron chi connectivity index (χ4n) is 4.08. The molecule has 0 N–H and O–H groups in total. The third-order valence-corrected chi connectivity index (χ3v) is 5.91. The van der Waals surface area contributed by atoms with E-state index in [1.807, 2.05) is 16.7 Å². The molecule has 0 saturated carbocycles. The van der Waals surface area contributed by atoms with Gasteiger partial charge in [0.2, 0.25) is 5.91 Å². The van der Waals surface area contributed by atoms with Gasteiger partial charge in [-0.05, 0) is 56.0 Å². The molecule has 2 amide bonds. The van der Waals surface area contributed by atoms with Crippen molar-refractivity contribution in [1.29, 1.82) is 0 Å². The minimum absolute atomic E-state index is 0.00133. The number of methoxy groups -OCH3 is 1. The molecule has 0 spiro atoms. The van der Waals surface area contributed by atoms with E-state index in [1.165, 1.54) is 5.56 Å². The van der Waals surface area contributed by atoms with Gasteiger partial charge in [-0.1, -0.05) is 13.8 Å². The Balaban J connectivity index is 1.51. The maximum absolute atomic E-state index is 12.8. The van der Waals surface area contributed by atoms with E-state index in [9.17, 15) is 9.59 Å². The van der Waals surface area contributed by atoms with E-state index in [-0.39, 0.29) is 11.8 Å². The average Bonchev–Trinajstić information content (AvgIpc) is 3.03. The summed E-state index contributed by atoms with van der Waals surface area (Å²) in [6, 6.07) is 7.15. The molecule has 7 heteroatoms. The molecule has 7 nitrogen and oxygen atoms in total. The molecule has 0 unspecified atom stereocenters. The van der Waals surface area contributed by atoms with Crippen LogP contribution in [-0.4, -0.2) is 64.7 Å². The van der Waals surface area contributed by atoms with Crippen molar-refractivity contribution in [3.05, 3.63) is 46.8 Å². The fourth-order valence-corrected chi connectivity index (χ4v) is 4.08. The Bertz CT molecular complexity index is 910. The normalized spacial score (nSPS) is 14.3. The number of carbonyl (C=O) groups is 2. The molecule has 0 radical (unpaired) electrons. The van der Waals surface area contributed by atoms with Gasteiger partial charge in [-0.2, -0.15) is 5.10 Å². The van der Waals surface area contributed by atoms with Crippen LogP contribution < -0.4 is 4.74 Å². The number of nitrogens with zero attached hydrogens (tertiary/aromatic N) is 4. The summed E-state index contributed by atoms with van der Waals surface area (Å²) in [5.41, 5.74) is 4.00. The Hall–Kier alpha value is -2.83. The number of aryl methyl sites for hydroxylation is 1. The van der Waals surface area contributed by atoms with Gasteiger partial charge >= 0.3 is 0 Å². The van der Waals surface area contributed by atoms with Gasteiger partial charge in [0.25, 0.3) is 5.91 Å². The molecule has 0 bridgehead atoms. The highest BCUT2D eigenvalue weighted by atomic mass is 16.5. The smallest absolute Gasteiger partial charge is 0.253 e. The van der Waals surface area contributed by atoms with Crippen LogP contribution in [-0.2, 0) is 17.8 Å². The third kappa shape index (κ3) is 5.46. The zero-order valence-corrected chi connectivity index (χ0v) is 19.4. The molecule has 1 saturated heterocycles. The highest BCUT2D eigenvalue weighted by molar-refractivity contribution is 5.94. The number of ether oxygens (including phenoxy) is 1. The topological polar surface area (TPSA) is 67.7 Å². The minimum Gasteiger partial charge on any atom is -0.497 e. The van der Waals surface area contributed by atoms with E-state index in [2.05, 4.69) is 30.6 Å². The summed E-state index contributed by atoms with van der Waals surface area (Å²) < 4.78 is 7.21. The monoisotopic (exact) mass is 426 g/mol. The lowest BCUT2D eigenvalue weighted by Crippen LogP contribution is -2.50. The minimum atomic E-state index is -0.00133. The van der Waals surface area contributed by atoms with Crippen molar-refractivity contribution in [3.8, 4) is 5.75 Å². The number of amides is 2. The average molecular weight is 427 g/mol. The van der Waals surface area contributed by atoms with Crippen LogP contribution in [0.2, 0.25) is 0 Å². The summed E-state index contributed by atoms with van der Waals surface area (Å²) in [6.45, 7) is 11.6. The highest BCUT2D eigenvalue weighted by Gasteiger charge is 2.25.